The number of unbranched alkanes of at least 4 members (excludes halogenated alkanes) is 5. The van der Waals surface area contributed by atoms with Gasteiger partial charge in [0.15, 0.2) is 0 Å². The van der Waals surface area contributed by atoms with Crippen molar-refractivity contribution in [2.75, 3.05) is 5.32 Å². The lowest BCUT2D eigenvalue weighted by Gasteiger charge is -2.19. The summed E-state index contributed by atoms with van der Waals surface area (Å²) in [5, 5.41) is 16.0. The van der Waals surface area contributed by atoms with E-state index in [-0.39, 0.29) is 11.3 Å². The molecular weight excluding hydrogens is 412 g/mol. The number of aryl methyl sites for hydroxylation is 1. The lowest BCUT2D eigenvalue weighted by Crippen LogP contribution is -2.32. The van der Waals surface area contributed by atoms with Gasteiger partial charge in [0.2, 0.25) is 0 Å². The Balaban J connectivity index is 2.13. The zero-order valence-electron chi connectivity index (χ0n) is 19.2. The standard InChI is InChI=1S/C24H32N2O6/c1-5-6-7-8-9-10-11-20-18(15-31-26-20)16-12-13-19(17(14-16)22(28)29)25-21(27)23(30)32-24(2,3)4/h12-15H,5-11H2,1-4H3,(H,25,27)(H,28,29). The number of carboxylic acids is 1. The molecule has 1 aromatic heterocycles. The van der Waals surface area contributed by atoms with E-state index in [0.717, 1.165) is 25.0 Å². The number of carbonyl (C=O) groups is 3. The number of rotatable bonds is 10. The number of hydrogen-bond acceptors (Lipinski definition) is 6. The van der Waals surface area contributed by atoms with Gasteiger partial charge in [-0.3, -0.25) is 4.79 Å². The topological polar surface area (TPSA) is 119 Å². The molecule has 2 N–H and O–H groups in total. The zero-order chi connectivity index (χ0) is 23.7. The number of aromatic carboxylic acids is 1. The maximum Gasteiger partial charge on any atom is 0.397 e. The number of nitrogens with zero attached hydrogens (tertiary/aromatic N) is 1. The number of amides is 1. The first-order valence-electron chi connectivity index (χ1n) is 11.0. The molecule has 0 saturated heterocycles. The van der Waals surface area contributed by atoms with Crippen molar-refractivity contribution in [3.63, 3.8) is 0 Å². The monoisotopic (exact) mass is 444 g/mol. The van der Waals surface area contributed by atoms with Crippen molar-refractivity contribution in [2.45, 2.75) is 78.2 Å². The minimum Gasteiger partial charge on any atom is -0.478 e. The molecule has 1 aromatic carbocycles. The maximum atomic E-state index is 12.1. The largest absolute Gasteiger partial charge is 0.478 e. The van der Waals surface area contributed by atoms with Crippen LogP contribution in [0.15, 0.2) is 29.0 Å². The summed E-state index contributed by atoms with van der Waals surface area (Å²) in [6.45, 7) is 7.09. The normalized spacial score (nSPS) is 11.2. The van der Waals surface area contributed by atoms with Crippen LogP contribution in [0.25, 0.3) is 11.1 Å². The van der Waals surface area contributed by atoms with E-state index in [1.54, 1.807) is 26.8 Å². The second-order valence-electron chi connectivity index (χ2n) is 8.71. The van der Waals surface area contributed by atoms with Crippen molar-refractivity contribution in [1.29, 1.82) is 0 Å². The molecule has 2 rings (SSSR count). The lowest BCUT2D eigenvalue weighted by atomic mass is 9.99. The molecule has 0 aliphatic heterocycles. The Morgan fingerprint density at radius 3 is 2.44 bits per heavy atom. The second kappa shape index (κ2) is 11.5. The van der Waals surface area contributed by atoms with Gasteiger partial charge in [-0.15, -0.1) is 0 Å². The third-order valence-electron chi connectivity index (χ3n) is 4.80. The molecule has 0 radical (unpaired) electrons. The Kier molecular flexibility index (Phi) is 8.99. The van der Waals surface area contributed by atoms with Crippen LogP contribution in [0, 0.1) is 0 Å². The van der Waals surface area contributed by atoms with Gasteiger partial charge in [-0.2, -0.15) is 0 Å². The number of carbonyl (C=O) groups excluding carboxylic acids is 2. The number of anilines is 1. The highest BCUT2D eigenvalue weighted by atomic mass is 16.6. The highest BCUT2D eigenvalue weighted by Crippen LogP contribution is 2.29. The summed E-state index contributed by atoms with van der Waals surface area (Å²) in [6.07, 6.45) is 9.14. The highest BCUT2D eigenvalue weighted by molar-refractivity contribution is 6.37. The summed E-state index contributed by atoms with van der Waals surface area (Å²) in [5.41, 5.74) is 1.11. The van der Waals surface area contributed by atoms with E-state index in [9.17, 15) is 19.5 Å². The van der Waals surface area contributed by atoms with E-state index in [1.165, 1.54) is 44.1 Å². The van der Waals surface area contributed by atoms with E-state index in [1.807, 2.05) is 0 Å². The third kappa shape index (κ3) is 7.51. The molecule has 0 aliphatic carbocycles. The molecule has 0 spiro atoms. The Morgan fingerprint density at radius 2 is 1.78 bits per heavy atom. The first-order chi connectivity index (χ1) is 15.1. The molecule has 1 heterocycles. The van der Waals surface area contributed by atoms with Crippen LogP contribution in [0.5, 0.6) is 0 Å². The van der Waals surface area contributed by atoms with E-state index < -0.39 is 23.4 Å². The summed E-state index contributed by atoms with van der Waals surface area (Å²) in [5.74, 6) is -3.36. The van der Waals surface area contributed by atoms with E-state index in [4.69, 9.17) is 9.26 Å². The number of hydrogen-bond donors (Lipinski definition) is 2. The van der Waals surface area contributed by atoms with Crippen LogP contribution in [0.4, 0.5) is 5.69 Å². The molecule has 0 saturated carbocycles. The summed E-state index contributed by atoms with van der Waals surface area (Å²) in [6, 6.07) is 4.54. The summed E-state index contributed by atoms with van der Waals surface area (Å²) in [7, 11) is 0. The Bertz CT molecular complexity index is 942. The van der Waals surface area contributed by atoms with Crippen LogP contribution in [0.2, 0.25) is 0 Å². The molecule has 174 valence electrons. The molecule has 8 heteroatoms. The van der Waals surface area contributed by atoms with Crippen LogP contribution in [-0.2, 0) is 20.7 Å². The predicted octanol–water partition coefficient (Wildman–Crippen LogP) is 5.22. The Labute approximate surface area is 188 Å². The van der Waals surface area contributed by atoms with Crippen LogP contribution >= 0.6 is 0 Å². The van der Waals surface area contributed by atoms with Crippen molar-refractivity contribution in [3.8, 4) is 11.1 Å². The lowest BCUT2D eigenvalue weighted by molar-refractivity contribution is -0.161. The summed E-state index contributed by atoms with van der Waals surface area (Å²) >= 11 is 0. The molecule has 2 aromatic rings. The Morgan fingerprint density at radius 1 is 1.09 bits per heavy atom. The minimum atomic E-state index is -1.24. The van der Waals surface area contributed by atoms with Crippen molar-refractivity contribution >= 4 is 23.5 Å². The maximum absolute atomic E-state index is 12.1. The average Bonchev–Trinajstić information content (AvgIpc) is 3.18. The number of carboxylic acid groups (broad SMARTS) is 1. The molecular formula is C24H32N2O6. The molecule has 8 nitrogen and oxygen atoms in total. The number of aromatic nitrogens is 1. The average molecular weight is 445 g/mol. The molecule has 0 unspecified atom stereocenters. The molecule has 0 aliphatic rings. The first kappa shape index (κ1) is 25.1. The van der Waals surface area contributed by atoms with Gasteiger partial charge < -0.3 is 19.7 Å². The SMILES string of the molecule is CCCCCCCCc1nocc1-c1ccc(NC(=O)C(=O)OC(C)(C)C)c(C(=O)O)c1. The number of nitrogens with one attached hydrogen (secondary N) is 1. The Hall–Kier alpha value is -3.16. The van der Waals surface area contributed by atoms with Crippen molar-refractivity contribution in [3.05, 3.63) is 35.7 Å². The summed E-state index contributed by atoms with van der Waals surface area (Å²) in [4.78, 5) is 35.9. The second-order valence-corrected chi connectivity index (χ2v) is 8.71. The smallest absolute Gasteiger partial charge is 0.397 e. The third-order valence-corrected chi connectivity index (χ3v) is 4.80. The van der Waals surface area contributed by atoms with Crippen molar-refractivity contribution in [1.82, 2.24) is 5.16 Å². The molecule has 0 bridgehead atoms. The van der Waals surface area contributed by atoms with Crippen LogP contribution < -0.4 is 5.32 Å². The van der Waals surface area contributed by atoms with Gasteiger partial charge in [0.25, 0.3) is 0 Å². The van der Waals surface area contributed by atoms with E-state index in [0.29, 0.717) is 11.1 Å². The number of benzene rings is 1. The number of esters is 1. The van der Waals surface area contributed by atoms with Gasteiger partial charge in [-0.25, -0.2) is 9.59 Å². The van der Waals surface area contributed by atoms with Gasteiger partial charge in [0.05, 0.1) is 16.9 Å². The minimum absolute atomic E-state index is 0.00559. The van der Waals surface area contributed by atoms with Crippen molar-refractivity contribution < 1.29 is 28.8 Å². The molecule has 1 amide bonds. The number of ether oxygens (including phenoxy) is 1. The quantitative estimate of drug-likeness (QED) is 0.293. The predicted molar refractivity (Wildman–Crippen MR) is 120 cm³/mol. The molecule has 0 fully saturated rings. The molecule has 32 heavy (non-hydrogen) atoms. The van der Waals surface area contributed by atoms with Crippen LogP contribution in [-0.4, -0.2) is 33.7 Å². The highest BCUT2D eigenvalue weighted by Gasteiger charge is 2.25. The van der Waals surface area contributed by atoms with Crippen LogP contribution in [0.3, 0.4) is 0 Å². The fraction of sp³-hybridized carbons (Fsp3) is 0.500. The van der Waals surface area contributed by atoms with Gasteiger partial charge in [0, 0.05) is 5.56 Å². The van der Waals surface area contributed by atoms with Crippen molar-refractivity contribution in [2.24, 2.45) is 0 Å². The first-order valence-corrected chi connectivity index (χ1v) is 11.0. The fourth-order valence-electron chi connectivity index (χ4n) is 3.24. The van der Waals surface area contributed by atoms with E-state index in [2.05, 4.69) is 17.4 Å². The van der Waals surface area contributed by atoms with Gasteiger partial charge in [-0.05, 0) is 51.3 Å². The molecule has 0 atom stereocenters. The zero-order valence-corrected chi connectivity index (χ0v) is 19.2. The van der Waals surface area contributed by atoms with Gasteiger partial charge in [-0.1, -0.05) is 50.3 Å². The summed E-state index contributed by atoms with van der Waals surface area (Å²) < 4.78 is 10.2. The fourth-order valence-corrected chi connectivity index (χ4v) is 3.24. The van der Waals surface area contributed by atoms with Gasteiger partial charge in [0.1, 0.15) is 11.9 Å². The van der Waals surface area contributed by atoms with Crippen LogP contribution in [0.1, 0.15) is 82.3 Å². The van der Waals surface area contributed by atoms with Gasteiger partial charge >= 0.3 is 17.8 Å². The van der Waals surface area contributed by atoms with E-state index >= 15 is 0 Å².